The van der Waals surface area contributed by atoms with Crippen molar-refractivity contribution in [3.8, 4) is 5.75 Å². The predicted molar refractivity (Wildman–Crippen MR) is 106 cm³/mol. The minimum Gasteiger partial charge on any atom is -0.495 e. The molecule has 1 aliphatic carbocycles. The number of fused-ring (bicyclic) bond motifs is 1. The number of hydrogen-bond donors (Lipinski definition) is 2. The summed E-state index contributed by atoms with van der Waals surface area (Å²) < 4.78 is 30.3. The van der Waals surface area contributed by atoms with Gasteiger partial charge in [0.1, 0.15) is 10.6 Å². The Balaban J connectivity index is 1.72. The van der Waals surface area contributed by atoms with Crippen molar-refractivity contribution in [2.45, 2.75) is 44.4 Å². The zero-order chi connectivity index (χ0) is 19.6. The van der Waals surface area contributed by atoms with Gasteiger partial charge in [-0.25, -0.2) is 8.42 Å². The molecule has 0 saturated carbocycles. The number of ether oxygens (including phenoxy) is 1. The lowest BCUT2D eigenvalue weighted by Gasteiger charge is -2.19. The van der Waals surface area contributed by atoms with E-state index in [4.69, 9.17) is 4.74 Å². The summed E-state index contributed by atoms with van der Waals surface area (Å²) >= 11 is 1.44. The van der Waals surface area contributed by atoms with Gasteiger partial charge in [-0.3, -0.25) is 10.2 Å². The van der Waals surface area contributed by atoms with Crippen molar-refractivity contribution in [3.05, 3.63) is 45.1 Å². The van der Waals surface area contributed by atoms with Gasteiger partial charge < -0.3 is 4.74 Å². The zero-order valence-corrected chi connectivity index (χ0v) is 17.3. The van der Waals surface area contributed by atoms with Gasteiger partial charge in [0, 0.05) is 4.88 Å². The van der Waals surface area contributed by atoms with Crippen LogP contribution in [0.5, 0.6) is 5.75 Å². The Morgan fingerprint density at radius 1 is 1.33 bits per heavy atom. The average Bonchev–Trinajstić information content (AvgIpc) is 3.09. The van der Waals surface area contributed by atoms with E-state index in [2.05, 4.69) is 17.2 Å². The number of amides is 1. The fourth-order valence-corrected chi connectivity index (χ4v) is 5.48. The molecule has 146 valence electrons. The Morgan fingerprint density at radius 3 is 2.81 bits per heavy atom. The monoisotopic (exact) mass is 408 g/mol. The van der Waals surface area contributed by atoms with E-state index in [9.17, 15) is 13.2 Å². The number of benzene rings is 1. The van der Waals surface area contributed by atoms with E-state index in [-0.39, 0.29) is 10.6 Å². The van der Waals surface area contributed by atoms with Gasteiger partial charge >= 0.3 is 0 Å². The van der Waals surface area contributed by atoms with Gasteiger partial charge in [-0.05, 0) is 61.4 Å². The number of sulfonamides is 1. The third-order valence-electron chi connectivity index (χ3n) is 4.89. The molecule has 0 aliphatic heterocycles. The molecule has 3 rings (SSSR count). The standard InChI is InChI=1S/C19H24N2O4S2/c1-4-13-6-8-16-14(10-13)11-17(26-16)19(22)20-21-27(23,24)18-9-12(2)5-7-15(18)25-3/h5,7,9,11,13,21H,4,6,8,10H2,1-3H3,(H,20,22)/t13-/m0/s1. The predicted octanol–water partition coefficient (Wildman–Crippen LogP) is 3.20. The van der Waals surface area contributed by atoms with Crippen LogP contribution in [0.3, 0.4) is 0 Å². The molecule has 1 atom stereocenters. The number of methoxy groups -OCH3 is 1. The SMILES string of the molecule is CC[C@H]1CCc2sc(C(=O)NNS(=O)(=O)c3cc(C)ccc3OC)cc2C1. The molecule has 1 aromatic carbocycles. The van der Waals surface area contributed by atoms with Crippen LogP contribution in [-0.4, -0.2) is 21.4 Å². The molecule has 0 saturated heterocycles. The highest BCUT2D eigenvalue weighted by molar-refractivity contribution is 7.89. The molecule has 27 heavy (non-hydrogen) atoms. The molecule has 0 bridgehead atoms. The number of thiophene rings is 1. The van der Waals surface area contributed by atoms with Crippen LogP contribution in [-0.2, 0) is 22.9 Å². The molecule has 0 spiro atoms. The van der Waals surface area contributed by atoms with Crippen molar-refractivity contribution in [2.24, 2.45) is 5.92 Å². The minimum absolute atomic E-state index is 0.0124. The fourth-order valence-electron chi connectivity index (χ4n) is 3.28. The number of aryl methyl sites for hydroxylation is 2. The van der Waals surface area contributed by atoms with Crippen molar-refractivity contribution in [3.63, 3.8) is 0 Å². The summed E-state index contributed by atoms with van der Waals surface area (Å²) in [7, 11) is -2.54. The maximum absolute atomic E-state index is 12.6. The maximum atomic E-state index is 12.6. The van der Waals surface area contributed by atoms with Gasteiger partial charge in [0.15, 0.2) is 0 Å². The molecular formula is C19H24N2O4S2. The number of hydrazine groups is 1. The quantitative estimate of drug-likeness (QED) is 0.719. The summed E-state index contributed by atoms with van der Waals surface area (Å²) in [6.45, 7) is 3.97. The summed E-state index contributed by atoms with van der Waals surface area (Å²) in [5.41, 5.74) is 4.31. The molecule has 0 fully saturated rings. The molecule has 1 aliphatic rings. The van der Waals surface area contributed by atoms with E-state index < -0.39 is 15.9 Å². The van der Waals surface area contributed by atoms with Crippen LogP contribution in [0, 0.1) is 12.8 Å². The highest BCUT2D eigenvalue weighted by atomic mass is 32.2. The lowest BCUT2D eigenvalue weighted by molar-refractivity contribution is 0.0949. The Morgan fingerprint density at radius 2 is 2.11 bits per heavy atom. The van der Waals surface area contributed by atoms with Crippen LogP contribution in [0.1, 0.15) is 45.4 Å². The van der Waals surface area contributed by atoms with Gasteiger partial charge in [0.25, 0.3) is 15.9 Å². The molecule has 1 amide bonds. The third kappa shape index (κ3) is 4.34. The van der Waals surface area contributed by atoms with Gasteiger partial charge in [-0.2, -0.15) is 0 Å². The highest BCUT2D eigenvalue weighted by Crippen LogP contribution is 2.33. The number of hydrogen-bond acceptors (Lipinski definition) is 5. The molecule has 0 radical (unpaired) electrons. The molecule has 1 heterocycles. The lowest BCUT2D eigenvalue weighted by atomic mass is 9.87. The molecule has 1 aromatic heterocycles. The second-order valence-corrected chi connectivity index (χ2v) is 9.58. The molecular weight excluding hydrogens is 384 g/mol. The van der Waals surface area contributed by atoms with Gasteiger partial charge in [-0.15, -0.1) is 16.2 Å². The van der Waals surface area contributed by atoms with Crippen molar-refractivity contribution in [2.75, 3.05) is 7.11 Å². The van der Waals surface area contributed by atoms with Crippen LogP contribution < -0.4 is 15.0 Å². The van der Waals surface area contributed by atoms with Crippen molar-refractivity contribution in [1.29, 1.82) is 0 Å². The number of nitrogens with one attached hydrogen (secondary N) is 2. The molecule has 2 N–H and O–H groups in total. The smallest absolute Gasteiger partial charge is 0.276 e. The van der Waals surface area contributed by atoms with Crippen molar-refractivity contribution < 1.29 is 17.9 Å². The first-order valence-electron chi connectivity index (χ1n) is 8.92. The van der Waals surface area contributed by atoms with Gasteiger partial charge in [0.05, 0.1) is 12.0 Å². The Hall–Kier alpha value is -1.90. The topological polar surface area (TPSA) is 84.5 Å². The van der Waals surface area contributed by atoms with Crippen LogP contribution >= 0.6 is 11.3 Å². The summed E-state index contributed by atoms with van der Waals surface area (Å²) in [4.78, 5) is 16.4. The summed E-state index contributed by atoms with van der Waals surface area (Å²) in [6, 6.07) is 6.74. The lowest BCUT2D eigenvalue weighted by Crippen LogP contribution is -2.41. The van der Waals surface area contributed by atoms with Gasteiger partial charge in [0.2, 0.25) is 0 Å². The van der Waals surface area contributed by atoms with E-state index in [0.29, 0.717) is 10.8 Å². The Labute approximate surface area is 164 Å². The second kappa shape index (κ2) is 8.00. The van der Waals surface area contributed by atoms with E-state index >= 15 is 0 Å². The first-order valence-corrected chi connectivity index (χ1v) is 11.2. The van der Waals surface area contributed by atoms with Gasteiger partial charge in [-0.1, -0.05) is 19.4 Å². The number of rotatable bonds is 6. The first-order chi connectivity index (χ1) is 12.8. The molecule has 2 aromatic rings. The van der Waals surface area contributed by atoms with Crippen LogP contribution in [0.2, 0.25) is 0 Å². The van der Waals surface area contributed by atoms with E-state index in [1.54, 1.807) is 19.1 Å². The van der Waals surface area contributed by atoms with E-state index in [1.807, 2.05) is 6.07 Å². The second-order valence-electron chi connectivity index (χ2n) is 6.79. The Bertz CT molecular complexity index is 951. The highest BCUT2D eigenvalue weighted by Gasteiger charge is 2.24. The zero-order valence-electron chi connectivity index (χ0n) is 15.7. The normalized spacial score (nSPS) is 16.6. The number of carbonyl (C=O) groups excluding carboxylic acids is 1. The first kappa shape index (κ1) is 19.9. The third-order valence-corrected chi connectivity index (χ3v) is 7.40. The van der Waals surface area contributed by atoms with Crippen LogP contribution in [0.4, 0.5) is 0 Å². The van der Waals surface area contributed by atoms with E-state index in [1.165, 1.54) is 35.0 Å². The van der Waals surface area contributed by atoms with Crippen molar-refractivity contribution in [1.82, 2.24) is 10.3 Å². The maximum Gasteiger partial charge on any atom is 0.276 e. The molecule has 8 heteroatoms. The summed E-state index contributed by atoms with van der Waals surface area (Å²) in [5, 5.41) is 0. The summed E-state index contributed by atoms with van der Waals surface area (Å²) in [5.74, 6) is 0.437. The minimum atomic E-state index is -3.95. The largest absolute Gasteiger partial charge is 0.495 e. The Kier molecular flexibility index (Phi) is 5.88. The van der Waals surface area contributed by atoms with E-state index in [0.717, 1.165) is 31.2 Å². The van der Waals surface area contributed by atoms with Crippen LogP contribution in [0.15, 0.2) is 29.2 Å². The molecule has 6 nitrogen and oxygen atoms in total. The fraction of sp³-hybridized carbons (Fsp3) is 0.421. The average molecular weight is 409 g/mol. The number of carbonyl (C=O) groups is 1. The van der Waals surface area contributed by atoms with Crippen LogP contribution in [0.25, 0.3) is 0 Å². The molecule has 0 unspecified atom stereocenters. The summed E-state index contributed by atoms with van der Waals surface area (Å²) in [6.07, 6.45) is 4.25. The van der Waals surface area contributed by atoms with Crippen molar-refractivity contribution >= 4 is 27.3 Å².